The fraction of sp³-hybridized carbons (Fsp3) is 0.228. The molecular weight excluding hydrogens is 1010 g/mol. The number of hydrogen-bond donors (Lipinski definition) is 0. The summed E-state index contributed by atoms with van der Waals surface area (Å²) in [6.45, 7) is 13.6. The predicted molar refractivity (Wildman–Crippen MR) is 266 cm³/mol. The Morgan fingerprint density at radius 3 is 2.05 bits per heavy atom. The zero-order chi connectivity index (χ0) is 43.3. The number of hydrogen-bond acceptors (Lipinski definition) is 3. The Morgan fingerprint density at radius 1 is 0.635 bits per heavy atom. The molecule has 0 atom stereocenters. The quantitative estimate of drug-likeness (QED) is 0.0865. The fourth-order valence-electron chi connectivity index (χ4n) is 9.03. The Hall–Kier alpha value is -5.33. The van der Waals surface area contributed by atoms with Crippen LogP contribution in [0.2, 0.25) is 17.3 Å². The third-order valence-electron chi connectivity index (χ3n) is 12.0. The first-order valence-electron chi connectivity index (χ1n) is 22.1. The normalized spacial score (nSPS) is 11.9. The Bertz CT molecular complexity index is 3220. The number of para-hydroxylation sites is 3. The van der Waals surface area contributed by atoms with Crippen LogP contribution >= 0.6 is 0 Å². The van der Waals surface area contributed by atoms with Crippen molar-refractivity contribution in [1.82, 2.24) is 14.5 Å². The average Bonchev–Trinajstić information content (AvgIpc) is 3.83. The minimum absolute atomic E-state index is 0. The predicted octanol–water partition coefficient (Wildman–Crippen LogP) is 15.2. The summed E-state index contributed by atoms with van der Waals surface area (Å²) in [5.74, 6) is 9.61. The topological polar surface area (TPSA) is 43.9 Å². The summed E-state index contributed by atoms with van der Waals surface area (Å²) in [6.07, 6.45) is 3.27. The monoisotopic (exact) mass is 1060 g/mol. The molecule has 319 valence electrons. The molecule has 0 aliphatic heterocycles. The van der Waals surface area contributed by atoms with Crippen LogP contribution in [0, 0.1) is 18.1 Å². The van der Waals surface area contributed by atoms with Gasteiger partial charge in [0.15, 0.2) is 0 Å². The van der Waals surface area contributed by atoms with Crippen molar-refractivity contribution in [3.8, 4) is 28.3 Å². The summed E-state index contributed by atoms with van der Waals surface area (Å²) in [5, 5.41) is 7.09. The van der Waals surface area contributed by atoms with Gasteiger partial charge in [-0.05, 0) is 68.8 Å². The van der Waals surface area contributed by atoms with E-state index in [0.717, 1.165) is 62.0 Å². The van der Waals surface area contributed by atoms with Gasteiger partial charge in [-0.15, -0.1) is 23.8 Å². The number of fused-ring (bicyclic) bond motifs is 7. The van der Waals surface area contributed by atoms with E-state index in [0.29, 0.717) is 17.8 Å². The summed E-state index contributed by atoms with van der Waals surface area (Å²) in [4.78, 5) is 9.92. The first-order valence-corrected chi connectivity index (χ1v) is 29.5. The molecule has 0 amide bonds. The van der Waals surface area contributed by atoms with Crippen LogP contribution in [0.15, 0.2) is 144 Å². The smallest absolute Gasteiger partial charge is 0.121 e. The molecular formula is C57H55GeIrN3O-2. The summed E-state index contributed by atoms with van der Waals surface area (Å²) in [6, 6.07) is 53.9. The van der Waals surface area contributed by atoms with E-state index in [1.807, 2.05) is 24.3 Å². The van der Waals surface area contributed by atoms with Crippen LogP contribution in [-0.4, -0.2) is 27.8 Å². The number of aromatic nitrogens is 3. The van der Waals surface area contributed by atoms with E-state index in [4.69, 9.17) is 14.4 Å². The fourth-order valence-corrected chi connectivity index (χ4v) is 12.4. The van der Waals surface area contributed by atoms with E-state index in [2.05, 4.69) is 191 Å². The number of imidazole rings is 1. The van der Waals surface area contributed by atoms with E-state index < -0.39 is 13.3 Å². The third kappa shape index (κ3) is 8.68. The molecule has 10 aromatic rings. The Kier molecular flexibility index (Phi) is 12.7. The van der Waals surface area contributed by atoms with Gasteiger partial charge < -0.3 is 8.98 Å². The third-order valence-corrected chi connectivity index (χ3v) is 16.4. The van der Waals surface area contributed by atoms with Crippen LogP contribution < -0.4 is 4.40 Å². The van der Waals surface area contributed by atoms with Crippen LogP contribution in [0.4, 0.5) is 0 Å². The molecule has 0 aliphatic rings. The van der Waals surface area contributed by atoms with E-state index in [-0.39, 0.29) is 20.1 Å². The van der Waals surface area contributed by atoms with Crippen molar-refractivity contribution < 1.29 is 24.5 Å². The minimum atomic E-state index is -1.86. The summed E-state index contributed by atoms with van der Waals surface area (Å²) < 4.78 is 10.3. The second-order valence-corrected chi connectivity index (χ2v) is 29.4. The largest absolute Gasteiger partial charge is 0.500 e. The number of furan rings is 1. The van der Waals surface area contributed by atoms with Gasteiger partial charge in [0, 0.05) is 31.2 Å². The number of rotatable bonds is 8. The molecule has 0 unspecified atom stereocenters. The van der Waals surface area contributed by atoms with Crippen molar-refractivity contribution in [2.24, 2.45) is 5.92 Å². The van der Waals surface area contributed by atoms with Crippen molar-refractivity contribution in [1.29, 1.82) is 0 Å². The van der Waals surface area contributed by atoms with Gasteiger partial charge in [-0.1, -0.05) is 99.8 Å². The van der Waals surface area contributed by atoms with E-state index >= 15 is 0 Å². The second kappa shape index (κ2) is 18.0. The SMILES string of the molecule is CC(C)Cc1cc(-c2[c-]cccc2)nc[c]1[Ge]([CH3])([CH3])[CH3].CC(C)c1cccc(C(C)C)c1-n1c(-c2[c-]cc3oc4cc5ccc6ccccc6c5cc4c3c2)nc2ccccc21.[Ir]. The minimum Gasteiger partial charge on any atom is -0.500 e. The Labute approximate surface area is 388 Å². The van der Waals surface area contributed by atoms with Gasteiger partial charge in [-0.25, -0.2) is 0 Å². The van der Waals surface area contributed by atoms with Crippen molar-refractivity contribution in [2.45, 2.75) is 77.1 Å². The molecule has 6 heteroatoms. The molecule has 63 heavy (non-hydrogen) atoms. The maximum atomic E-state index is 6.38. The van der Waals surface area contributed by atoms with Gasteiger partial charge in [0.1, 0.15) is 5.58 Å². The Morgan fingerprint density at radius 2 is 1.33 bits per heavy atom. The van der Waals surface area contributed by atoms with Crippen molar-refractivity contribution in [3.63, 3.8) is 0 Å². The van der Waals surface area contributed by atoms with E-state index in [1.165, 1.54) is 43.9 Å². The number of pyridine rings is 1. The van der Waals surface area contributed by atoms with Gasteiger partial charge in [0.2, 0.25) is 0 Å². The molecule has 0 N–H and O–H groups in total. The number of benzene rings is 7. The molecule has 10 rings (SSSR count). The molecule has 0 saturated heterocycles. The summed E-state index contributed by atoms with van der Waals surface area (Å²) in [5.41, 5.74) is 12.3. The molecule has 1 radical (unpaired) electrons. The Balaban J connectivity index is 0.000000219. The van der Waals surface area contributed by atoms with Gasteiger partial charge >= 0.3 is 126 Å². The molecule has 0 spiro atoms. The van der Waals surface area contributed by atoms with Crippen LogP contribution in [-0.2, 0) is 26.5 Å². The van der Waals surface area contributed by atoms with Gasteiger partial charge in [-0.2, -0.15) is 0 Å². The maximum absolute atomic E-state index is 6.38. The van der Waals surface area contributed by atoms with Gasteiger partial charge in [0.25, 0.3) is 0 Å². The molecule has 3 heterocycles. The van der Waals surface area contributed by atoms with Crippen LogP contribution in [0.5, 0.6) is 0 Å². The molecule has 0 saturated carbocycles. The van der Waals surface area contributed by atoms with Crippen molar-refractivity contribution >= 4 is 72.2 Å². The average molecular weight is 1060 g/mol. The van der Waals surface area contributed by atoms with Crippen molar-refractivity contribution in [2.75, 3.05) is 0 Å². The van der Waals surface area contributed by atoms with E-state index in [1.54, 1.807) is 4.40 Å². The van der Waals surface area contributed by atoms with Crippen LogP contribution in [0.25, 0.3) is 82.8 Å². The standard InChI is InChI=1S/C39H31N2O.C18H24GeN.Ir/c1-23(2)28-12-9-13-29(24(3)4)38(28)41-35-15-8-7-14-34(35)40-39(41)27-18-19-36-32(20-27)33-22-31-26(21-37(33)42-36)17-16-25-10-5-6-11-30(25)31;1-14(2)11-16-12-18(15-9-7-6-8-10-15)20-13-17(16)19(3,4)5;/h5-17,19-24H,1-4H3;6-9,12-14H,11H2,1-5H3;/q2*-1;. The zero-order valence-electron chi connectivity index (χ0n) is 37.8. The second-order valence-electron chi connectivity index (χ2n) is 18.8. The van der Waals surface area contributed by atoms with Crippen molar-refractivity contribution in [3.05, 3.63) is 168 Å². The van der Waals surface area contributed by atoms with E-state index in [9.17, 15) is 0 Å². The maximum Gasteiger partial charge on any atom is 0.121 e. The molecule has 7 aromatic carbocycles. The first kappa shape index (κ1) is 44.3. The number of nitrogens with zero attached hydrogens (tertiary/aromatic N) is 3. The molecule has 0 fully saturated rings. The molecule has 4 nitrogen and oxygen atoms in total. The molecule has 0 aliphatic carbocycles. The zero-order valence-corrected chi connectivity index (χ0v) is 42.3. The van der Waals surface area contributed by atoms with Crippen LogP contribution in [0.3, 0.4) is 0 Å². The van der Waals surface area contributed by atoms with Gasteiger partial charge in [-0.3, -0.25) is 4.98 Å². The van der Waals surface area contributed by atoms with Crippen LogP contribution in [0.1, 0.15) is 70.1 Å². The summed E-state index contributed by atoms with van der Waals surface area (Å²) >= 11 is -1.86. The molecule has 0 bridgehead atoms. The van der Waals surface area contributed by atoms with Gasteiger partial charge in [0.05, 0.1) is 22.4 Å². The summed E-state index contributed by atoms with van der Waals surface area (Å²) in [7, 11) is 0. The first-order chi connectivity index (χ1) is 29.9. The molecule has 3 aromatic heterocycles.